The van der Waals surface area contributed by atoms with E-state index in [0.717, 1.165) is 5.56 Å². The Hall–Kier alpha value is -2.48. The van der Waals surface area contributed by atoms with Gasteiger partial charge in [-0.15, -0.1) is 0 Å². The van der Waals surface area contributed by atoms with E-state index < -0.39 is 5.76 Å². The van der Waals surface area contributed by atoms with Gasteiger partial charge in [-0.25, -0.2) is 4.79 Å². The highest BCUT2D eigenvalue weighted by molar-refractivity contribution is 5.93. The molecule has 1 heterocycles. The Morgan fingerprint density at radius 2 is 2.28 bits per heavy atom. The molecule has 0 atom stereocenters. The van der Waals surface area contributed by atoms with Crippen molar-refractivity contribution in [1.82, 2.24) is 9.88 Å². The van der Waals surface area contributed by atoms with Crippen LogP contribution in [0, 0.1) is 11.8 Å². The zero-order valence-electron chi connectivity index (χ0n) is 10.1. The lowest BCUT2D eigenvalue weighted by molar-refractivity contribution is -0.115. The van der Waals surface area contributed by atoms with Crippen molar-refractivity contribution in [3.8, 4) is 11.8 Å². The third-order valence-electron chi connectivity index (χ3n) is 2.55. The number of fused-ring (bicyclic) bond motifs is 1. The standard InChI is InChI=1S/C13H12N2O3/c1-3-4-12(16)14-8-9-5-6-11-10(7-9)15(2)13(17)18-11/h5-7H,8H2,1-2H3,(H,14,16). The molecule has 1 amide bonds. The van der Waals surface area contributed by atoms with Crippen LogP contribution in [0.25, 0.3) is 11.1 Å². The molecule has 5 nitrogen and oxygen atoms in total. The third kappa shape index (κ3) is 2.28. The Morgan fingerprint density at radius 1 is 1.50 bits per heavy atom. The van der Waals surface area contributed by atoms with Crippen molar-refractivity contribution in [3.63, 3.8) is 0 Å². The van der Waals surface area contributed by atoms with Gasteiger partial charge in [0.2, 0.25) is 0 Å². The molecule has 0 aliphatic heterocycles. The van der Waals surface area contributed by atoms with Gasteiger partial charge < -0.3 is 9.73 Å². The summed E-state index contributed by atoms with van der Waals surface area (Å²) in [5.74, 6) is 4.20. The molecule has 5 heteroatoms. The normalized spacial score (nSPS) is 9.89. The number of hydrogen-bond donors (Lipinski definition) is 1. The number of aryl methyl sites for hydroxylation is 1. The fourth-order valence-electron chi connectivity index (χ4n) is 1.62. The summed E-state index contributed by atoms with van der Waals surface area (Å²) in [6, 6.07) is 5.31. The quantitative estimate of drug-likeness (QED) is 0.794. The molecule has 0 bridgehead atoms. The van der Waals surface area contributed by atoms with Crippen LogP contribution < -0.4 is 11.1 Å². The zero-order chi connectivity index (χ0) is 13.1. The molecule has 0 unspecified atom stereocenters. The predicted molar refractivity (Wildman–Crippen MR) is 66.8 cm³/mol. The first-order valence-electron chi connectivity index (χ1n) is 5.41. The Balaban J connectivity index is 2.24. The van der Waals surface area contributed by atoms with Crippen LogP contribution in [0.1, 0.15) is 12.5 Å². The van der Waals surface area contributed by atoms with Gasteiger partial charge in [-0.1, -0.05) is 12.0 Å². The van der Waals surface area contributed by atoms with Crippen LogP contribution in [-0.4, -0.2) is 10.5 Å². The maximum atomic E-state index is 11.3. The number of amides is 1. The van der Waals surface area contributed by atoms with Crippen molar-refractivity contribution in [2.24, 2.45) is 7.05 Å². The van der Waals surface area contributed by atoms with E-state index in [0.29, 0.717) is 17.6 Å². The molecule has 0 saturated carbocycles. The van der Waals surface area contributed by atoms with E-state index in [9.17, 15) is 9.59 Å². The number of benzene rings is 1. The van der Waals surface area contributed by atoms with Crippen molar-refractivity contribution in [2.75, 3.05) is 0 Å². The summed E-state index contributed by atoms with van der Waals surface area (Å²) in [5, 5.41) is 2.66. The van der Waals surface area contributed by atoms with Crippen molar-refractivity contribution < 1.29 is 9.21 Å². The molecule has 18 heavy (non-hydrogen) atoms. The average molecular weight is 244 g/mol. The lowest BCUT2D eigenvalue weighted by Crippen LogP contribution is -2.20. The van der Waals surface area contributed by atoms with Crippen LogP contribution in [0.2, 0.25) is 0 Å². The van der Waals surface area contributed by atoms with E-state index in [1.165, 1.54) is 4.57 Å². The van der Waals surface area contributed by atoms with Crippen molar-refractivity contribution in [1.29, 1.82) is 0 Å². The van der Waals surface area contributed by atoms with E-state index in [1.54, 1.807) is 32.2 Å². The molecule has 1 aromatic heterocycles. The summed E-state index contributed by atoms with van der Waals surface area (Å²) in [7, 11) is 1.64. The fourth-order valence-corrected chi connectivity index (χ4v) is 1.62. The van der Waals surface area contributed by atoms with Crippen LogP contribution in [0.3, 0.4) is 0 Å². The average Bonchev–Trinajstić information content (AvgIpc) is 2.63. The number of aromatic nitrogens is 1. The molecule has 0 spiro atoms. The summed E-state index contributed by atoms with van der Waals surface area (Å²) >= 11 is 0. The van der Waals surface area contributed by atoms with Gasteiger partial charge in [0, 0.05) is 13.6 Å². The fraction of sp³-hybridized carbons (Fsp3) is 0.231. The monoisotopic (exact) mass is 244 g/mol. The Morgan fingerprint density at radius 3 is 3.00 bits per heavy atom. The molecule has 0 fully saturated rings. The molecular weight excluding hydrogens is 232 g/mol. The minimum atomic E-state index is -0.400. The van der Waals surface area contributed by atoms with Gasteiger partial charge in [0.05, 0.1) is 5.52 Å². The SMILES string of the molecule is CC#CC(=O)NCc1ccc2oc(=O)n(C)c2c1. The first-order valence-corrected chi connectivity index (χ1v) is 5.41. The molecule has 0 aliphatic rings. The third-order valence-corrected chi connectivity index (χ3v) is 2.55. The Bertz CT molecular complexity index is 713. The minimum absolute atomic E-state index is 0.321. The summed E-state index contributed by atoms with van der Waals surface area (Å²) in [5.41, 5.74) is 2.12. The lowest BCUT2D eigenvalue weighted by atomic mass is 10.2. The van der Waals surface area contributed by atoms with Gasteiger partial charge in [0.15, 0.2) is 5.58 Å². The van der Waals surface area contributed by atoms with Gasteiger partial charge in [-0.05, 0) is 30.5 Å². The molecule has 2 rings (SSSR count). The first kappa shape index (κ1) is 12.0. The number of carbonyl (C=O) groups excluding carboxylic acids is 1. The molecule has 0 aliphatic carbocycles. The number of rotatable bonds is 2. The van der Waals surface area contributed by atoms with Gasteiger partial charge in [0.25, 0.3) is 5.91 Å². The van der Waals surface area contributed by atoms with Gasteiger partial charge in [-0.2, -0.15) is 0 Å². The number of carbonyl (C=O) groups is 1. The summed E-state index contributed by atoms with van der Waals surface area (Å²) in [4.78, 5) is 22.5. The molecular formula is C13H12N2O3. The largest absolute Gasteiger partial charge is 0.419 e. The summed E-state index contributed by atoms with van der Waals surface area (Å²) < 4.78 is 6.44. The molecule has 2 aromatic rings. The second-order valence-electron chi connectivity index (χ2n) is 3.79. The van der Waals surface area contributed by atoms with Crippen LogP contribution in [-0.2, 0) is 18.4 Å². The molecule has 92 valence electrons. The van der Waals surface area contributed by atoms with Crippen LogP contribution >= 0.6 is 0 Å². The van der Waals surface area contributed by atoms with E-state index in [1.807, 2.05) is 0 Å². The second-order valence-corrected chi connectivity index (χ2v) is 3.79. The minimum Gasteiger partial charge on any atom is -0.408 e. The van der Waals surface area contributed by atoms with E-state index in [4.69, 9.17) is 4.42 Å². The maximum absolute atomic E-state index is 11.3. The second kappa shape index (κ2) is 4.80. The highest BCUT2D eigenvalue weighted by Gasteiger charge is 2.06. The van der Waals surface area contributed by atoms with Crippen LogP contribution in [0.15, 0.2) is 27.4 Å². The number of nitrogens with zero attached hydrogens (tertiary/aromatic N) is 1. The van der Waals surface area contributed by atoms with Crippen LogP contribution in [0.5, 0.6) is 0 Å². The number of hydrogen-bond acceptors (Lipinski definition) is 3. The summed E-state index contributed by atoms with van der Waals surface area (Å²) in [6.45, 7) is 1.97. The smallest absolute Gasteiger partial charge is 0.408 e. The maximum Gasteiger partial charge on any atom is 0.419 e. The van der Waals surface area contributed by atoms with Gasteiger partial charge in [-0.3, -0.25) is 9.36 Å². The van der Waals surface area contributed by atoms with E-state index in [-0.39, 0.29) is 5.91 Å². The highest BCUT2D eigenvalue weighted by Crippen LogP contribution is 2.13. The van der Waals surface area contributed by atoms with Gasteiger partial charge in [0.1, 0.15) is 0 Å². The van der Waals surface area contributed by atoms with Crippen molar-refractivity contribution >= 4 is 17.0 Å². The number of nitrogens with one attached hydrogen (secondary N) is 1. The highest BCUT2D eigenvalue weighted by atomic mass is 16.4. The molecule has 1 aromatic carbocycles. The molecule has 1 N–H and O–H groups in total. The Labute approximate surface area is 103 Å². The lowest BCUT2D eigenvalue weighted by Gasteiger charge is -2.01. The van der Waals surface area contributed by atoms with E-state index in [2.05, 4.69) is 17.2 Å². The molecule has 0 saturated heterocycles. The van der Waals surface area contributed by atoms with Crippen molar-refractivity contribution in [2.45, 2.75) is 13.5 Å². The number of oxazole rings is 1. The topological polar surface area (TPSA) is 64.2 Å². The zero-order valence-corrected chi connectivity index (χ0v) is 10.1. The van der Waals surface area contributed by atoms with Crippen molar-refractivity contribution in [3.05, 3.63) is 34.3 Å². The summed E-state index contributed by atoms with van der Waals surface area (Å²) in [6.07, 6.45) is 0. The molecule has 0 radical (unpaired) electrons. The van der Waals surface area contributed by atoms with Gasteiger partial charge >= 0.3 is 5.76 Å². The Kier molecular flexibility index (Phi) is 3.20. The predicted octanol–water partition coefficient (Wildman–Crippen LogP) is 0.771. The first-order chi connectivity index (χ1) is 8.61. The van der Waals surface area contributed by atoms with E-state index >= 15 is 0 Å². The van der Waals surface area contributed by atoms with Crippen LogP contribution in [0.4, 0.5) is 0 Å².